The summed E-state index contributed by atoms with van der Waals surface area (Å²) in [6, 6.07) is 15.1. The summed E-state index contributed by atoms with van der Waals surface area (Å²) >= 11 is 0. The van der Waals surface area contributed by atoms with Crippen molar-refractivity contribution in [1.29, 1.82) is 0 Å². The van der Waals surface area contributed by atoms with Crippen LogP contribution in [0.1, 0.15) is 29.4 Å². The lowest BCUT2D eigenvalue weighted by Crippen LogP contribution is -2.25. The monoisotopic (exact) mass is 360 g/mol. The van der Waals surface area contributed by atoms with Crippen LogP contribution in [0.5, 0.6) is 0 Å². The Hall–Kier alpha value is -3.41. The van der Waals surface area contributed by atoms with Gasteiger partial charge in [-0.1, -0.05) is 37.3 Å². The molecule has 27 heavy (non-hydrogen) atoms. The molecule has 0 unspecified atom stereocenters. The van der Waals surface area contributed by atoms with Crippen LogP contribution in [0.3, 0.4) is 0 Å². The molecule has 0 fully saturated rings. The lowest BCUT2D eigenvalue weighted by atomic mass is 10.1. The number of ketones is 1. The summed E-state index contributed by atoms with van der Waals surface area (Å²) in [6.45, 7) is 4.56. The minimum atomic E-state index is -0.685. The molecule has 0 bridgehead atoms. The van der Waals surface area contributed by atoms with E-state index >= 15 is 0 Å². The minimum absolute atomic E-state index is 0.397. The SMILES string of the molecule is CCCn1c(NC(=O)C(=O)c2c(C)[nH]c3ccccc23)nc2ccccc21. The minimum Gasteiger partial charge on any atom is -0.358 e. The molecule has 1 amide bonds. The number of H-pyrrole nitrogens is 1. The Kier molecular flexibility index (Phi) is 4.24. The first-order valence-corrected chi connectivity index (χ1v) is 8.98. The van der Waals surface area contributed by atoms with E-state index in [0.29, 0.717) is 23.8 Å². The summed E-state index contributed by atoms with van der Waals surface area (Å²) in [5.74, 6) is -0.857. The number of carbonyl (C=O) groups is 2. The van der Waals surface area contributed by atoms with Crippen molar-refractivity contribution >= 4 is 39.6 Å². The standard InChI is InChI=1S/C21H20N4O2/c1-3-12-25-17-11-7-6-10-16(17)23-21(25)24-20(27)19(26)18-13(2)22-15-9-5-4-8-14(15)18/h4-11,22H,3,12H2,1-2H3,(H,23,24,27). The zero-order chi connectivity index (χ0) is 19.0. The molecule has 4 aromatic rings. The molecule has 0 aliphatic carbocycles. The van der Waals surface area contributed by atoms with Crippen LogP contribution in [0.2, 0.25) is 0 Å². The predicted molar refractivity (Wildman–Crippen MR) is 106 cm³/mol. The molecule has 2 heterocycles. The highest BCUT2D eigenvalue weighted by molar-refractivity contribution is 6.48. The maximum Gasteiger partial charge on any atom is 0.299 e. The van der Waals surface area contributed by atoms with Gasteiger partial charge < -0.3 is 9.55 Å². The van der Waals surface area contributed by atoms with E-state index in [9.17, 15) is 9.59 Å². The molecule has 0 spiro atoms. The van der Waals surface area contributed by atoms with E-state index in [1.54, 1.807) is 6.92 Å². The van der Waals surface area contributed by atoms with Crippen LogP contribution in [-0.4, -0.2) is 26.2 Å². The fraction of sp³-hybridized carbons (Fsp3) is 0.190. The van der Waals surface area contributed by atoms with Gasteiger partial charge in [-0.15, -0.1) is 0 Å². The Bertz CT molecular complexity index is 1170. The molecule has 0 atom stereocenters. The number of aryl methyl sites for hydroxylation is 2. The van der Waals surface area contributed by atoms with Crippen molar-refractivity contribution in [3.63, 3.8) is 0 Å². The van der Waals surface area contributed by atoms with Gasteiger partial charge in [-0.25, -0.2) is 4.98 Å². The number of aromatic amines is 1. The van der Waals surface area contributed by atoms with Crippen molar-refractivity contribution in [2.24, 2.45) is 0 Å². The summed E-state index contributed by atoms with van der Waals surface area (Å²) in [5.41, 5.74) is 3.64. The number of aromatic nitrogens is 3. The summed E-state index contributed by atoms with van der Waals surface area (Å²) in [4.78, 5) is 33.2. The van der Waals surface area contributed by atoms with E-state index in [2.05, 4.69) is 22.2 Å². The van der Waals surface area contributed by atoms with Crippen LogP contribution in [0.4, 0.5) is 5.95 Å². The van der Waals surface area contributed by atoms with Gasteiger partial charge in [-0.05, 0) is 31.5 Å². The third kappa shape index (κ3) is 2.89. The zero-order valence-corrected chi connectivity index (χ0v) is 15.2. The maximum atomic E-state index is 12.9. The first-order chi connectivity index (χ1) is 13.1. The zero-order valence-electron chi connectivity index (χ0n) is 15.2. The van der Waals surface area contributed by atoms with Gasteiger partial charge in [0.25, 0.3) is 11.7 Å². The largest absolute Gasteiger partial charge is 0.358 e. The van der Waals surface area contributed by atoms with Crippen molar-refractivity contribution < 1.29 is 9.59 Å². The van der Waals surface area contributed by atoms with Crippen LogP contribution in [0.15, 0.2) is 48.5 Å². The molecule has 2 N–H and O–H groups in total. The summed E-state index contributed by atoms with van der Waals surface area (Å²) in [6.07, 6.45) is 0.888. The van der Waals surface area contributed by atoms with E-state index < -0.39 is 11.7 Å². The molecule has 2 aromatic carbocycles. The van der Waals surface area contributed by atoms with Gasteiger partial charge in [0, 0.05) is 23.1 Å². The highest BCUT2D eigenvalue weighted by Crippen LogP contribution is 2.24. The summed E-state index contributed by atoms with van der Waals surface area (Å²) in [5, 5.41) is 3.46. The highest BCUT2D eigenvalue weighted by atomic mass is 16.2. The van der Waals surface area contributed by atoms with Crippen LogP contribution >= 0.6 is 0 Å². The van der Waals surface area contributed by atoms with E-state index in [0.717, 1.165) is 28.4 Å². The number of amides is 1. The summed E-state index contributed by atoms with van der Waals surface area (Å²) in [7, 11) is 0. The van der Waals surface area contributed by atoms with Crippen molar-refractivity contribution in [3.8, 4) is 0 Å². The molecule has 6 nitrogen and oxygen atoms in total. The topological polar surface area (TPSA) is 79.8 Å². The average molecular weight is 360 g/mol. The normalized spacial score (nSPS) is 11.2. The van der Waals surface area contributed by atoms with Gasteiger partial charge >= 0.3 is 0 Å². The van der Waals surface area contributed by atoms with Crippen LogP contribution in [-0.2, 0) is 11.3 Å². The first-order valence-electron chi connectivity index (χ1n) is 8.98. The Morgan fingerprint density at radius 3 is 2.67 bits per heavy atom. The van der Waals surface area contributed by atoms with Crippen molar-refractivity contribution in [1.82, 2.24) is 14.5 Å². The number of anilines is 1. The molecular formula is C21H20N4O2. The number of carbonyl (C=O) groups excluding carboxylic acids is 2. The maximum absolute atomic E-state index is 12.9. The Labute approximate surface area is 156 Å². The average Bonchev–Trinajstić information content (AvgIpc) is 3.18. The first kappa shape index (κ1) is 17.0. The Morgan fingerprint density at radius 1 is 1.11 bits per heavy atom. The predicted octanol–water partition coefficient (Wildman–Crippen LogP) is 4.06. The second kappa shape index (κ2) is 6.72. The number of imidazole rings is 1. The third-order valence-electron chi connectivity index (χ3n) is 4.65. The second-order valence-electron chi connectivity index (χ2n) is 6.53. The fourth-order valence-corrected chi connectivity index (χ4v) is 3.46. The number of nitrogens with zero attached hydrogens (tertiary/aromatic N) is 2. The van der Waals surface area contributed by atoms with Crippen molar-refractivity contribution in [2.45, 2.75) is 26.8 Å². The quantitative estimate of drug-likeness (QED) is 0.416. The van der Waals surface area contributed by atoms with Crippen molar-refractivity contribution in [2.75, 3.05) is 5.32 Å². The molecule has 0 saturated carbocycles. The van der Waals surface area contributed by atoms with E-state index in [4.69, 9.17) is 0 Å². The van der Waals surface area contributed by atoms with Gasteiger partial charge in [-0.3, -0.25) is 14.9 Å². The van der Waals surface area contributed by atoms with Gasteiger partial charge in [0.15, 0.2) is 0 Å². The molecular weight excluding hydrogens is 340 g/mol. The van der Waals surface area contributed by atoms with Gasteiger partial charge in [0.05, 0.1) is 16.6 Å². The van der Waals surface area contributed by atoms with Gasteiger partial charge in [0.2, 0.25) is 5.95 Å². The number of rotatable bonds is 5. The van der Waals surface area contributed by atoms with E-state index in [1.165, 1.54) is 0 Å². The fourth-order valence-electron chi connectivity index (χ4n) is 3.46. The number of fused-ring (bicyclic) bond motifs is 2. The molecule has 0 aliphatic rings. The molecule has 2 aromatic heterocycles. The molecule has 0 saturated heterocycles. The Morgan fingerprint density at radius 2 is 1.85 bits per heavy atom. The smallest absolute Gasteiger partial charge is 0.299 e. The number of hydrogen-bond donors (Lipinski definition) is 2. The lowest BCUT2D eigenvalue weighted by Gasteiger charge is -2.08. The lowest BCUT2D eigenvalue weighted by molar-refractivity contribution is -0.112. The van der Waals surface area contributed by atoms with Crippen LogP contribution in [0, 0.1) is 6.92 Å². The summed E-state index contributed by atoms with van der Waals surface area (Å²) < 4.78 is 1.93. The number of Topliss-reactive ketones (excluding diaryl/α,β-unsaturated/α-hetero) is 1. The highest BCUT2D eigenvalue weighted by Gasteiger charge is 2.24. The number of benzene rings is 2. The molecule has 0 radical (unpaired) electrons. The number of nitrogens with one attached hydrogen (secondary N) is 2. The van der Waals surface area contributed by atoms with Crippen molar-refractivity contribution in [3.05, 3.63) is 59.8 Å². The molecule has 4 rings (SSSR count). The third-order valence-corrected chi connectivity index (χ3v) is 4.65. The van der Waals surface area contributed by atoms with Crippen LogP contribution in [0.25, 0.3) is 21.9 Å². The van der Waals surface area contributed by atoms with Gasteiger partial charge in [0.1, 0.15) is 0 Å². The van der Waals surface area contributed by atoms with E-state index in [1.807, 2.05) is 53.1 Å². The Balaban J connectivity index is 1.70. The number of para-hydroxylation sites is 3. The van der Waals surface area contributed by atoms with Crippen LogP contribution < -0.4 is 5.32 Å². The number of hydrogen-bond acceptors (Lipinski definition) is 3. The van der Waals surface area contributed by atoms with Gasteiger partial charge in [-0.2, -0.15) is 0 Å². The molecule has 6 heteroatoms. The second-order valence-corrected chi connectivity index (χ2v) is 6.53. The molecule has 136 valence electrons. The van der Waals surface area contributed by atoms with E-state index in [-0.39, 0.29) is 0 Å². The molecule has 0 aliphatic heterocycles.